The molecule has 222 valence electrons. The van der Waals surface area contributed by atoms with Gasteiger partial charge in [-0.1, -0.05) is 67.6 Å². The van der Waals surface area contributed by atoms with Crippen LogP contribution in [0.5, 0.6) is 0 Å². The van der Waals surface area contributed by atoms with Gasteiger partial charge < -0.3 is 23.8 Å². The minimum atomic E-state index is -0.310. The van der Waals surface area contributed by atoms with Crippen molar-refractivity contribution in [3.63, 3.8) is 0 Å². The van der Waals surface area contributed by atoms with E-state index in [-0.39, 0.29) is 18.0 Å². The first kappa shape index (κ1) is 30.2. The van der Waals surface area contributed by atoms with Crippen molar-refractivity contribution in [1.82, 2.24) is 0 Å². The summed E-state index contributed by atoms with van der Waals surface area (Å²) in [4.78, 5) is 2.44. The predicted octanol–water partition coefficient (Wildman–Crippen LogP) is 7.01. The Morgan fingerprint density at radius 1 is 1.00 bits per heavy atom. The van der Waals surface area contributed by atoms with Crippen LogP contribution in [0.4, 0.5) is 11.4 Å². The highest BCUT2D eigenvalue weighted by Crippen LogP contribution is 2.43. The average molecular weight is 570 g/mol. The summed E-state index contributed by atoms with van der Waals surface area (Å²) in [5.41, 5.74) is 7.80. The molecule has 5 rings (SSSR count). The van der Waals surface area contributed by atoms with Gasteiger partial charge in [0.1, 0.15) is 0 Å². The molecule has 1 atom stereocenters. The van der Waals surface area contributed by atoms with Crippen LogP contribution in [0, 0.1) is 0 Å². The number of ether oxygens (including phenoxy) is 4. The van der Waals surface area contributed by atoms with Crippen LogP contribution in [0.2, 0.25) is 0 Å². The van der Waals surface area contributed by atoms with E-state index >= 15 is 0 Å². The first-order valence-electron chi connectivity index (χ1n) is 15.1. The Morgan fingerprint density at radius 2 is 1.74 bits per heavy atom. The molecule has 2 aromatic carbocycles. The molecule has 0 N–H and O–H groups in total. The summed E-state index contributed by atoms with van der Waals surface area (Å²) in [7, 11) is 3.31. The summed E-state index contributed by atoms with van der Waals surface area (Å²) in [6.45, 7) is 10.0. The second-order valence-electron chi connectivity index (χ2n) is 11.5. The lowest BCUT2D eigenvalue weighted by Crippen LogP contribution is -2.28. The summed E-state index contributed by atoms with van der Waals surface area (Å²) >= 11 is 0. The molecular weight excluding hydrogens is 524 g/mol. The third-order valence-corrected chi connectivity index (χ3v) is 8.55. The van der Waals surface area contributed by atoms with E-state index in [1.807, 2.05) is 6.08 Å². The number of para-hydroxylation sites is 2. The Labute approximate surface area is 251 Å². The largest absolute Gasteiger partial charge is 0.352 e. The van der Waals surface area contributed by atoms with Crippen molar-refractivity contribution >= 4 is 17.1 Å². The van der Waals surface area contributed by atoms with Crippen molar-refractivity contribution < 1.29 is 23.5 Å². The maximum atomic E-state index is 5.73. The molecule has 0 spiro atoms. The molecule has 3 heterocycles. The summed E-state index contributed by atoms with van der Waals surface area (Å²) in [5.74, 6) is 0.331. The van der Waals surface area contributed by atoms with Gasteiger partial charge in [-0.2, -0.15) is 4.58 Å². The van der Waals surface area contributed by atoms with E-state index in [1.54, 1.807) is 14.2 Å². The minimum absolute atomic E-state index is 0.0899. The van der Waals surface area contributed by atoms with E-state index in [0.29, 0.717) is 19.1 Å². The molecule has 1 fully saturated rings. The number of hydrogen-bond donors (Lipinski definition) is 0. The van der Waals surface area contributed by atoms with Gasteiger partial charge in [0.15, 0.2) is 24.8 Å². The molecule has 6 nitrogen and oxygen atoms in total. The van der Waals surface area contributed by atoms with Crippen LogP contribution >= 0.6 is 0 Å². The van der Waals surface area contributed by atoms with Crippen LogP contribution in [-0.2, 0) is 24.4 Å². The smallest absolute Gasteiger partial charge is 0.209 e. The molecule has 0 amide bonds. The normalized spacial score (nSPS) is 21.3. The molecule has 0 bridgehead atoms. The molecule has 0 radical (unpaired) electrons. The van der Waals surface area contributed by atoms with Gasteiger partial charge in [-0.25, -0.2) is 0 Å². The number of fused-ring (bicyclic) bond motifs is 2. The molecule has 0 aromatic heterocycles. The number of allylic oxidation sites excluding steroid dienone is 6. The SMILES string of the molecule is COC(/C=C/CCN1/C(=C/C=C/C=C/C2=[N+](CCC3OCCO3)c3ccccc3C2(C)C)[C@H](C)c2ccccc21)OC. The molecule has 1 saturated heterocycles. The standard InChI is InChI=1S/C36H45N2O4/c1-27-28-15-9-11-18-31(28)37(23-14-13-21-34(39-4)40-5)30(27)17-7-6-8-20-33-36(2,3)29-16-10-12-19-32(29)38(33)24-22-35-41-25-26-42-35/h6-13,15-21,27,34-35H,14,22-26H2,1-5H3/q+1/b21-13+/t27-/m1/s1. The molecule has 3 aliphatic heterocycles. The Kier molecular flexibility index (Phi) is 9.91. The van der Waals surface area contributed by atoms with E-state index in [0.717, 1.165) is 25.9 Å². The van der Waals surface area contributed by atoms with E-state index in [4.69, 9.17) is 18.9 Å². The van der Waals surface area contributed by atoms with Gasteiger partial charge in [-0.05, 0) is 44.1 Å². The van der Waals surface area contributed by atoms with Gasteiger partial charge in [0.05, 0.1) is 25.0 Å². The van der Waals surface area contributed by atoms with Gasteiger partial charge in [0, 0.05) is 55.8 Å². The summed E-state index contributed by atoms with van der Waals surface area (Å²) in [5, 5.41) is 0. The Morgan fingerprint density at radius 3 is 2.52 bits per heavy atom. The number of methoxy groups -OCH3 is 2. The molecule has 2 aromatic rings. The number of hydrogen-bond acceptors (Lipinski definition) is 5. The van der Waals surface area contributed by atoms with Gasteiger partial charge in [0.25, 0.3) is 0 Å². The second kappa shape index (κ2) is 13.8. The number of rotatable bonds is 12. The lowest BCUT2D eigenvalue weighted by molar-refractivity contribution is -0.442. The van der Waals surface area contributed by atoms with E-state index in [9.17, 15) is 0 Å². The van der Waals surface area contributed by atoms with Crippen molar-refractivity contribution in [2.75, 3.05) is 45.4 Å². The van der Waals surface area contributed by atoms with Crippen molar-refractivity contribution in [3.05, 3.63) is 108 Å². The lowest BCUT2D eigenvalue weighted by Gasteiger charge is -2.22. The van der Waals surface area contributed by atoms with E-state index in [2.05, 4.69) is 115 Å². The highest BCUT2D eigenvalue weighted by atomic mass is 16.7. The van der Waals surface area contributed by atoms with Crippen molar-refractivity contribution in [3.8, 4) is 0 Å². The quantitative estimate of drug-likeness (QED) is 0.119. The van der Waals surface area contributed by atoms with Crippen LogP contribution in [0.15, 0.2) is 96.8 Å². The van der Waals surface area contributed by atoms with Gasteiger partial charge >= 0.3 is 0 Å². The van der Waals surface area contributed by atoms with Gasteiger partial charge in [0.2, 0.25) is 5.69 Å². The van der Waals surface area contributed by atoms with Gasteiger partial charge in [-0.3, -0.25) is 0 Å². The minimum Gasteiger partial charge on any atom is -0.352 e. The first-order valence-corrected chi connectivity index (χ1v) is 15.1. The molecule has 42 heavy (non-hydrogen) atoms. The molecule has 0 saturated carbocycles. The Balaban J connectivity index is 1.34. The van der Waals surface area contributed by atoms with E-state index < -0.39 is 0 Å². The predicted molar refractivity (Wildman–Crippen MR) is 170 cm³/mol. The highest BCUT2D eigenvalue weighted by molar-refractivity contribution is 6.03. The number of anilines is 1. The number of nitrogens with zero attached hydrogens (tertiary/aromatic N) is 2. The molecule has 3 aliphatic rings. The van der Waals surface area contributed by atoms with E-state index in [1.165, 1.54) is 33.9 Å². The fraction of sp³-hybridized carbons (Fsp3) is 0.417. The molecule has 6 heteroatoms. The fourth-order valence-corrected chi connectivity index (χ4v) is 6.34. The topological polar surface area (TPSA) is 43.2 Å². The van der Waals surface area contributed by atoms with Crippen molar-refractivity contribution in [2.24, 2.45) is 0 Å². The molecule has 0 unspecified atom stereocenters. The Hall–Kier alpha value is -3.29. The average Bonchev–Trinajstić information content (AvgIpc) is 3.67. The molecular formula is C36H45N2O4+. The third-order valence-electron chi connectivity index (χ3n) is 8.55. The van der Waals surface area contributed by atoms with Crippen LogP contribution < -0.4 is 4.90 Å². The zero-order chi connectivity index (χ0) is 29.5. The van der Waals surface area contributed by atoms with Crippen molar-refractivity contribution in [1.29, 1.82) is 0 Å². The highest BCUT2D eigenvalue weighted by Gasteiger charge is 2.44. The summed E-state index contributed by atoms with van der Waals surface area (Å²) in [6, 6.07) is 17.5. The van der Waals surface area contributed by atoms with Gasteiger partial charge in [-0.15, -0.1) is 0 Å². The van der Waals surface area contributed by atoms with Crippen molar-refractivity contribution in [2.45, 2.75) is 57.5 Å². The van der Waals surface area contributed by atoms with Crippen LogP contribution in [0.3, 0.4) is 0 Å². The third kappa shape index (κ3) is 6.37. The van der Waals surface area contributed by atoms with Crippen LogP contribution in [0.25, 0.3) is 0 Å². The molecule has 0 aliphatic carbocycles. The lowest BCUT2D eigenvalue weighted by atomic mass is 9.81. The zero-order valence-electron chi connectivity index (χ0n) is 25.7. The monoisotopic (exact) mass is 569 g/mol. The van der Waals surface area contributed by atoms with Crippen LogP contribution in [0.1, 0.15) is 50.7 Å². The summed E-state index contributed by atoms with van der Waals surface area (Å²) in [6.07, 6.45) is 16.4. The zero-order valence-corrected chi connectivity index (χ0v) is 25.7. The second-order valence-corrected chi connectivity index (χ2v) is 11.5. The Bertz CT molecular complexity index is 1380. The number of benzene rings is 2. The fourth-order valence-electron chi connectivity index (χ4n) is 6.34. The summed E-state index contributed by atoms with van der Waals surface area (Å²) < 4.78 is 24.5. The first-order chi connectivity index (χ1) is 20.5. The van der Waals surface area contributed by atoms with Crippen LogP contribution in [-0.4, -0.2) is 63.4 Å². The maximum Gasteiger partial charge on any atom is 0.209 e. The maximum absolute atomic E-state index is 5.73.